The molecule has 4 rings (SSSR count). The summed E-state index contributed by atoms with van der Waals surface area (Å²) in [4.78, 5) is 24.8. The zero-order valence-electron chi connectivity index (χ0n) is 26.1. The molecular formula is C30H41N5O6Si. The number of carbonyl (C=O) groups excluding carboxylic acids is 1. The van der Waals surface area contributed by atoms with Gasteiger partial charge < -0.3 is 23.1 Å². The molecule has 3 heterocycles. The summed E-state index contributed by atoms with van der Waals surface area (Å²) in [5.41, 5.74) is 1.11. The molecule has 42 heavy (non-hydrogen) atoms. The van der Waals surface area contributed by atoms with Gasteiger partial charge in [0.1, 0.15) is 5.60 Å². The Balaban J connectivity index is 1.86. The van der Waals surface area contributed by atoms with Crippen LogP contribution in [0.15, 0.2) is 47.1 Å². The number of nitrogens with zero attached hydrogens (tertiary/aromatic N) is 5. The standard InChI is InChI=1S/C30H41N5O6Si/c1-29(2,3)41-28(36)34(18-20-13-14-22(37-7)24(16-20)38-8)27-31-21(19-40-42(9,10)30(4,5)6)17-25-32-26(33-35(25)27)23-12-11-15-39-23/h11-17H,18-19H2,1-10H3. The molecule has 11 nitrogen and oxygen atoms in total. The second kappa shape index (κ2) is 11.8. The van der Waals surface area contributed by atoms with Gasteiger partial charge in [-0.2, -0.15) is 4.52 Å². The van der Waals surface area contributed by atoms with Crippen LogP contribution in [-0.2, 0) is 22.3 Å². The first-order chi connectivity index (χ1) is 19.6. The highest BCUT2D eigenvalue weighted by atomic mass is 28.4. The van der Waals surface area contributed by atoms with E-state index in [1.807, 2.05) is 39.0 Å². The quantitative estimate of drug-likeness (QED) is 0.191. The number of aromatic nitrogens is 4. The predicted molar refractivity (Wildman–Crippen MR) is 162 cm³/mol. The molecular weight excluding hydrogens is 554 g/mol. The van der Waals surface area contributed by atoms with Crippen molar-refractivity contribution in [3.8, 4) is 23.1 Å². The Hall–Kier alpha value is -3.90. The third kappa shape index (κ3) is 6.93. The summed E-state index contributed by atoms with van der Waals surface area (Å²) in [6.07, 6.45) is 0.964. The summed E-state index contributed by atoms with van der Waals surface area (Å²) in [6.45, 7) is 16.7. The van der Waals surface area contributed by atoms with Crippen LogP contribution in [-0.4, -0.2) is 53.8 Å². The van der Waals surface area contributed by atoms with Crippen LogP contribution >= 0.6 is 0 Å². The largest absolute Gasteiger partial charge is 0.493 e. The van der Waals surface area contributed by atoms with E-state index in [0.717, 1.165) is 5.56 Å². The number of rotatable bonds is 9. The van der Waals surface area contributed by atoms with E-state index in [-0.39, 0.29) is 24.1 Å². The number of amides is 1. The van der Waals surface area contributed by atoms with E-state index < -0.39 is 20.0 Å². The first kappa shape index (κ1) is 31.0. The summed E-state index contributed by atoms with van der Waals surface area (Å²) < 4.78 is 30.3. The number of anilines is 1. The summed E-state index contributed by atoms with van der Waals surface area (Å²) in [5.74, 6) is 2.20. The van der Waals surface area contributed by atoms with Crippen molar-refractivity contribution in [3.63, 3.8) is 0 Å². The lowest BCUT2D eigenvalue weighted by Gasteiger charge is -2.36. The van der Waals surface area contributed by atoms with Crippen LogP contribution in [0, 0.1) is 0 Å². The number of fused-ring (bicyclic) bond motifs is 1. The fourth-order valence-electron chi connectivity index (χ4n) is 3.85. The molecule has 0 bridgehead atoms. The van der Waals surface area contributed by atoms with Crippen molar-refractivity contribution in [1.29, 1.82) is 0 Å². The molecule has 12 heteroatoms. The van der Waals surface area contributed by atoms with E-state index in [4.69, 9.17) is 33.0 Å². The zero-order chi connectivity index (χ0) is 30.9. The number of hydrogen-bond acceptors (Lipinski definition) is 9. The van der Waals surface area contributed by atoms with Crippen LogP contribution in [0.4, 0.5) is 10.7 Å². The number of hydrogen-bond donors (Lipinski definition) is 0. The number of carbonyl (C=O) groups is 1. The van der Waals surface area contributed by atoms with Crippen molar-refractivity contribution in [1.82, 2.24) is 19.6 Å². The van der Waals surface area contributed by atoms with E-state index in [0.29, 0.717) is 34.4 Å². The minimum Gasteiger partial charge on any atom is -0.493 e. The second-order valence-electron chi connectivity index (χ2n) is 12.5. The third-order valence-electron chi connectivity index (χ3n) is 7.13. The molecule has 4 aromatic rings. The third-order valence-corrected chi connectivity index (χ3v) is 11.6. The Morgan fingerprint density at radius 3 is 2.31 bits per heavy atom. The molecule has 0 aliphatic carbocycles. The van der Waals surface area contributed by atoms with Crippen molar-refractivity contribution < 1.29 is 27.8 Å². The molecule has 0 N–H and O–H groups in total. The van der Waals surface area contributed by atoms with Gasteiger partial charge >= 0.3 is 6.09 Å². The van der Waals surface area contributed by atoms with Gasteiger partial charge in [0.15, 0.2) is 31.2 Å². The number of methoxy groups -OCH3 is 2. The highest BCUT2D eigenvalue weighted by Gasteiger charge is 2.37. The van der Waals surface area contributed by atoms with Gasteiger partial charge in [0.05, 0.1) is 39.3 Å². The lowest BCUT2D eigenvalue weighted by molar-refractivity contribution is 0.0574. The lowest BCUT2D eigenvalue weighted by Crippen LogP contribution is -2.40. The Morgan fingerprint density at radius 2 is 1.71 bits per heavy atom. The van der Waals surface area contributed by atoms with Crippen molar-refractivity contribution in [2.24, 2.45) is 0 Å². The average Bonchev–Trinajstić information content (AvgIpc) is 3.58. The van der Waals surface area contributed by atoms with E-state index in [1.54, 1.807) is 38.7 Å². The van der Waals surface area contributed by atoms with Gasteiger partial charge in [-0.25, -0.2) is 19.7 Å². The molecule has 0 aliphatic heterocycles. The monoisotopic (exact) mass is 595 g/mol. The fraction of sp³-hybridized carbons (Fsp3) is 0.467. The molecule has 226 valence electrons. The van der Waals surface area contributed by atoms with E-state index in [2.05, 4.69) is 39.0 Å². The normalized spacial score (nSPS) is 12.4. The van der Waals surface area contributed by atoms with Crippen LogP contribution < -0.4 is 14.4 Å². The highest BCUT2D eigenvalue weighted by Crippen LogP contribution is 2.37. The second-order valence-corrected chi connectivity index (χ2v) is 17.3. The molecule has 3 aromatic heterocycles. The maximum absolute atomic E-state index is 13.8. The van der Waals surface area contributed by atoms with Crippen LogP contribution in [0.3, 0.4) is 0 Å². The van der Waals surface area contributed by atoms with Gasteiger partial charge in [0.2, 0.25) is 11.8 Å². The van der Waals surface area contributed by atoms with Crippen LogP contribution in [0.25, 0.3) is 17.2 Å². The Kier molecular flexibility index (Phi) is 8.70. The SMILES string of the molecule is COc1ccc(CN(C(=O)OC(C)(C)C)c2nc(CO[Si](C)(C)C(C)(C)C)cc3nc(-c4ccco4)nn23)cc1OC. The summed E-state index contributed by atoms with van der Waals surface area (Å²) in [5, 5.41) is 4.68. The first-order valence-corrected chi connectivity index (χ1v) is 16.7. The maximum Gasteiger partial charge on any atom is 0.417 e. The molecule has 0 fully saturated rings. The molecule has 0 atom stereocenters. The Morgan fingerprint density at radius 1 is 1.00 bits per heavy atom. The molecule has 0 aliphatic rings. The van der Waals surface area contributed by atoms with Gasteiger partial charge in [0.25, 0.3) is 0 Å². The van der Waals surface area contributed by atoms with E-state index in [1.165, 1.54) is 9.42 Å². The molecule has 0 saturated heterocycles. The van der Waals surface area contributed by atoms with E-state index in [9.17, 15) is 4.79 Å². The minimum absolute atomic E-state index is 0.0111. The van der Waals surface area contributed by atoms with Crippen molar-refractivity contribution >= 4 is 26.0 Å². The molecule has 0 radical (unpaired) electrons. The highest BCUT2D eigenvalue weighted by molar-refractivity contribution is 6.74. The lowest BCUT2D eigenvalue weighted by atomic mass is 10.2. The molecule has 0 saturated carbocycles. The maximum atomic E-state index is 13.8. The number of furan rings is 1. The van der Waals surface area contributed by atoms with Gasteiger partial charge in [-0.1, -0.05) is 26.8 Å². The smallest absolute Gasteiger partial charge is 0.417 e. The zero-order valence-corrected chi connectivity index (χ0v) is 27.1. The molecule has 0 unspecified atom stereocenters. The van der Waals surface area contributed by atoms with Crippen molar-refractivity contribution in [2.45, 2.75) is 78.4 Å². The van der Waals surface area contributed by atoms with Crippen LogP contribution in [0.2, 0.25) is 18.1 Å². The Bertz CT molecular complexity index is 1540. The minimum atomic E-state index is -2.10. The molecule has 0 spiro atoms. The first-order valence-electron chi connectivity index (χ1n) is 13.8. The summed E-state index contributed by atoms with van der Waals surface area (Å²) >= 11 is 0. The summed E-state index contributed by atoms with van der Waals surface area (Å²) in [7, 11) is 1.04. The topological polar surface area (TPSA) is 113 Å². The van der Waals surface area contributed by atoms with Crippen LogP contribution in [0.1, 0.15) is 52.8 Å². The van der Waals surface area contributed by atoms with Gasteiger partial charge in [-0.3, -0.25) is 0 Å². The Labute approximate surface area is 247 Å². The van der Waals surface area contributed by atoms with Gasteiger partial charge in [-0.15, -0.1) is 5.10 Å². The average molecular weight is 596 g/mol. The molecule has 1 amide bonds. The predicted octanol–water partition coefficient (Wildman–Crippen LogP) is 6.87. The number of benzene rings is 1. The number of ether oxygens (including phenoxy) is 3. The van der Waals surface area contributed by atoms with Crippen molar-refractivity contribution in [2.75, 3.05) is 19.1 Å². The van der Waals surface area contributed by atoms with Gasteiger partial charge in [-0.05, 0) is 68.7 Å². The van der Waals surface area contributed by atoms with Gasteiger partial charge in [0, 0.05) is 6.07 Å². The van der Waals surface area contributed by atoms with E-state index >= 15 is 0 Å². The van der Waals surface area contributed by atoms with Crippen molar-refractivity contribution in [3.05, 3.63) is 53.9 Å². The summed E-state index contributed by atoms with van der Waals surface area (Å²) in [6, 6.07) is 10.8. The van der Waals surface area contributed by atoms with Crippen LogP contribution in [0.5, 0.6) is 11.5 Å². The molecule has 1 aromatic carbocycles. The fourth-order valence-corrected chi connectivity index (χ4v) is 4.79.